The van der Waals surface area contributed by atoms with E-state index < -0.39 is 5.97 Å². The summed E-state index contributed by atoms with van der Waals surface area (Å²) in [5.74, 6) is 0.0223. The van der Waals surface area contributed by atoms with E-state index in [1.165, 1.54) is 13.2 Å². The van der Waals surface area contributed by atoms with Crippen molar-refractivity contribution in [3.8, 4) is 17.2 Å². The Hall–Kier alpha value is -3.09. The third-order valence-electron chi connectivity index (χ3n) is 3.95. The SMILES string of the molecule is COc1cc(/C=N/c2ccc(O)cc2)cc(Cl)c1OC(=O)C=Cc1ccc(Br)cc1. The van der Waals surface area contributed by atoms with Gasteiger partial charge in [-0.1, -0.05) is 39.7 Å². The average Bonchev–Trinajstić information content (AvgIpc) is 2.74. The molecule has 0 atom stereocenters. The zero-order valence-corrected chi connectivity index (χ0v) is 18.2. The number of aromatic hydroxyl groups is 1. The lowest BCUT2D eigenvalue weighted by Gasteiger charge is -2.11. The highest BCUT2D eigenvalue weighted by Crippen LogP contribution is 2.36. The van der Waals surface area contributed by atoms with E-state index >= 15 is 0 Å². The summed E-state index contributed by atoms with van der Waals surface area (Å²) in [6.07, 6.45) is 4.56. The van der Waals surface area contributed by atoms with Gasteiger partial charge in [-0.25, -0.2) is 4.79 Å². The molecule has 0 aliphatic carbocycles. The number of phenolic OH excluding ortho intramolecular Hbond substituents is 1. The maximum absolute atomic E-state index is 12.2. The van der Waals surface area contributed by atoms with E-state index in [9.17, 15) is 9.90 Å². The summed E-state index contributed by atoms with van der Waals surface area (Å²) in [6, 6.07) is 17.2. The molecule has 0 saturated carbocycles. The molecule has 0 aromatic heterocycles. The van der Waals surface area contributed by atoms with E-state index in [0.717, 1.165) is 10.0 Å². The summed E-state index contributed by atoms with van der Waals surface area (Å²) in [5, 5.41) is 9.54. The molecule has 152 valence electrons. The molecular formula is C23H17BrClNO4. The number of hydrogen-bond acceptors (Lipinski definition) is 5. The Bertz CT molecular complexity index is 1090. The predicted molar refractivity (Wildman–Crippen MR) is 122 cm³/mol. The van der Waals surface area contributed by atoms with Crippen LogP contribution in [0.4, 0.5) is 5.69 Å². The monoisotopic (exact) mass is 485 g/mol. The van der Waals surface area contributed by atoms with Gasteiger partial charge >= 0.3 is 5.97 Å². The van der Waals surface area contributed by atoms with Crippen molar-refractivity contribution < 1.29 is 19.4 Å². The normalized spacial score (nSPS) is 11.2. The van der Waals surface area contributed by atoms with Crippen molar-refractivity contribution in [2.75, 3.05) is 7.11 Å². The molecule has 3 aromatic carbocycles. The number of ether oxygens (including phenoxy) is 2. The summed E-state index contributed by atoms with van der Waals surface area (Å²) in [7, 11) is 1.46. The Labute approximate surface area is 187 Å². The number of rotatable bonds is 6. The van der Waals surface area contributed by atoms with Crippen LogP contribution in [-0.2, 0) is 4.79 Å². The Morgan fingerprint density at radius 2 is 1.77 bits per heavy atom. The number of nitrogens with zero attached hydrogens (tertiary/aromatic N) is 1. The second kappa shape index (κ2) is 10.1. The highest BCUT2D eigenvalue weighted by Gasteiger charge is 2.14. The van der Waals surface area contributed by atoms with Gasteiger partial charge in [0.2, 0.25) is 0 Å². The Balaban J connectivity index is 1.75. The van der Waals surface area contributed by atoms with Crippen LogP contribution in [0.3, 0.4) is 0 Å². The van der Waals surface area contributed by atoms with Crippen LogP contribution in [0.15, 0.2) is 76.2 Å². The number of aliphatic imine (C=N–C) groups is 1. The van der Waals surface area contributed by atoms with E-state index in [1.54, 1.807) is 48.7 Å². The minimum absolute atomic E-state index is 0.131. The minimum Gasteiger partial charge on any atom is -0.508 e. The van der Waals surface area contributed by atoms with Crippen LogP contribution in [0.1, 0.15) is 11.1 Å². The maximum Gasteiger partial charge on any atom is 0.336 e. The number of hydrogen-bond donors (Lipinski definition) is 1. The van der Waals surface area contributed by atoms with Crippen LogP contribution < -0.4 is 9.47 Å². The number of benzene rings is 3. The molecule has 0 bridgehead atoms. The summed E-state index contributed by atoms with van der Waals surface area (Å²) < 4.78 is 11.7. The first-order valence-corrected chi connectivity index (χ1v) is 9.98. The van der Waals surface area contributed by atoms with Gasteiger partial charge < -0.3 is 14.6 Å². The van der Waals surface area contributed by atoms with Crippen molar-refractivity contribution in [2.24, 2.45) is 4.99 Å². The molecule has 0 saturated heterocycles. The molecule has 0 aliphatic rings. The first-order chi connectivity index (χ1) is 14.4. The fourth-order valence-electron chi connectivity index (χ4n) is 2.47. The maximum atomic E-state index is 12.2. The summed E-state index contributed by atoms with van der Waals surface area (Å²) >= 11 is 9.68. The first-order valence-electron chi connectivity index (χ1n) is 8.80. The van der Waals surface area contributed by atoms with Gasteiger partial charge in [0, 0.05) is 16.8 Å². The smallest absolute Gasteiger partial charge is 0.336 e. The lowest BCUT2D eigenvalue weighted by atomic mass is 10.2. The van der Waals surface area contributed by atoms with E-state index in [0.29, 0.717) is 17.0 Å². The molecule has 0 unspecified atom stereocenters. The Morgan fingerprint density at radius 3 is 2.43 bits per heavy atom. The molecule has 0 fully saturated rings. The molecule has 30 heavy (non-hydrogen) atoms. The van der Waals surface area contributed by atoms with Crippen molar-refractivity contribution in [1.29, 1.82) is 0 Å². The molecule has 0 heterocycles. The van der Waals surface area contributed by atoms with Crippen molar-refractivity contribution in [1.82, 2.24) is 0 Å². The summed E-state index contributed by atoms with van der Waals surface area (Å²) in [6.45, 7) is 0. The molecule has 5 nitrogen and oxygen atoms in total. The highest BCUT2D eigenvalue weighted by molar-refractivity contribution is 9.10. The third kappa shape index (κ3) is 5.95. The minimum atomic E-state index is -0.580. The number of carbonyl (C=O) groups is 1. The Kier molecular flexibility index (Phi) is 7.27. The first kappa shape index (κ1) is 21.6. The summed E-state index contributed by atoms with van der Waals surface area (Å²) in [5.41, 5.74) is 2.18. The van der Waals surface area contributed by atoms with Gasteiger partial charge in [0.1, 0.15) is 5.75 Å². The molecule has 3 rings (SSSR count). The van der Waals surface area contributed by atoms with Crippen LogP contribution in [-0.4, -0.2) is 24.4 Å². The predicted octanol–water partition coefficient (Wildman–Crippen LogP) is 6.19. The Morgan fingerprint density at radius 1 is 1.07 bits per heavy atom. The van der Waals surface area contributed by atoms with Gasteiger partial charge in [0.25, 0.3) is 0 Å². The fourth-order valence-corrected chi connectivity index (χ4v) is 3.00. The van der Waals surface area contributed by atoms with Crippen molar-refractivity contribution in [3.05, 3.63) is 87.4 Å². The molecule has 3 aromatic rings. The topological polar surface area (TPSA) is 68.1 Å². The highest BCUT2D eigenvalue weighted by atomic mass is 79.9. The molecule has 0 amide bonds. The number of phenols is 1. The number of esters is 1. The largest absolute Gasteiger partial charge is 0.508 e. The standard InChI is InChI=1S/C23H17BrClNO4/c1-29-21-13-16(14-26-18-7-9-19(27)10-8-18)12-20(25)23(21)30-22(28)11-4-15-2-5-17(24)6-3-15/h2-14,27H,1H3/b11-4?,26-14+. The number of methoxy groups -OCH3 is 1. The van der Waals surface area contributed by atoms with Crippen molar-refractivity contribution in [3.63, 3.8) is 0 Å². The van der Waals surface area contributed by atoms with Crippen LogP contribution in [0.2, 0.25) is 5.02 Å². The number of carbonyl (C=O) groups excluding carboxylic acids is 1. The third-order valence-corrected chi connectivity index (χ3v) is 4.76. The number of halogens is 2. The molecule has 0 radical (unpaired) electrons. The zero-order chi connectivity index (χ0) is 21.5. The molecular weight excluding hydrogens is 470 g/mol. The van der Waals surface area contributed by atoms with Crippen LogP contribution in [0.5, 0.6) is 17.2 Å². The van der Waals surface area contributed by atoms with Crippen LogP contribution in [0, 0.1) is 0 Å². The fraction of sp³-hybridized carbons (Fsp3) is 0.0435. The van der Waals surface area contributed by atoms with Crippen LogP contribution >= 0.6 is 27.5 Å². The second-order valence-corrected chi connectivity index (χ2v) is 7.44. The molecule has 0 aliphatic heterocycles. The van der Waals surface area contributed by atoms with Gasteiger partial charge in [-0.2, -0.15) is 0 Å². The van der Waals surface area contributed by atoms with Crippen LogP contribution in [0.25, 0.3) is 6.08 Å². The molecule has 0 spiro atoms. The van der Waals surface area contributed by atoms with Gasteiger partial charge in [-0.3, -0.25) is 4.99 Å². The van der Waals surface area contributed by atoms with E-state index in [4.69, 9.17) is 21.1 Å². The van der Waals surface area contributed by atoms with E-state index in [2.05, 4.69) is 20.9 Å². The molecule has 1 N–H and O–H groups in total. The van der Waals surface area contributed by atoms with E-state index in [1.807, 2.05) is 24.3 Å². The van der Waals surface area contributed by atoms with Gasteiger partial charge in [-0.05, 0) is 65.7 Å². The van der Waals surface area contributed by atoms with Gasteiger partial charge in [0.15, 0.2) is 11.5 Å². The van der Waals surface area contributed by atoms with Gasteiger partial charge in [0.05, 0.1) is 17.8 Å². The van der Waals surface area contributed by atoms with Crippen molar-refractivity contribution in [2.45, 2.75) is 0 Å². The van der Waals surface area contributed by atoms with E-state index in [-0.39, 0.29) is 16.5 Å². The quantitative estimate of drug-likeness (QED) is 0.195. The second-order valence-electron chi connectivity index (χ2n) is 6.11. The van der Waals surface area contributed by atoms with Gasteiger partial charge in [-0.15, -0.1) is 0 Å². The average molecular weight is 487 g/mol. The van der Waals surface area contributed by atoms with Crippen molar-refractivity contribution >= 4 is 51.5 Å². The zero-order valence-electron chi connectivity index (χ0n) is 15.9. The lowest BCUT2D eigenvalue weighted by molar-refractivity contribution is -0.129. The molecule has 7 heteroatoms. The lowest BCUT2D eigenvalue weighted by Crippen LogP contribution is -2.06. The summed E-state index contributed by atoms with van der Waals surface area (Å²) in [4.78, 5) is 16.5.